The topological polar surface area (TPSA) is 38.5 Å². The van der Waals surface area contributed by atoms with Gasteiger partial charge >= 0.3 is 0 Å². The molecule has 94 valence electrons. The predicted octanol–water partition coefficient (Wildman–Crippen LogP) is 2.29. The number of hydrogen-bond donors (Lipinski definition) is 1. The van der Waals surface area contributed by atoms with Gasteiger partial charge < -0.3 is 4.84 Å². The lowest BCUT2D eigenvalue weighted by Gasteiger charge is -2.24. The molecule has 3 nitrogen and oxygen atoms in total. The van der Waals surface area contributed by atoms with Crippen molar-refractivity contribution in [1.29, 1.82) is 0 Å². The normalized spacial score (nSPS) is 18.8. The number of hydrogen-bond acceptors (Lipinski definition) is 3. The summed E-state index contributed by atoms with van der Waals surface area (Å²) in [5.41, 5.74) is 1.79. The fourth-order valence-electron chi connectivity index (χ4n) is 2.43. The molecule has 1 aromatic rings. The smallest absolute Gasteiger partial charge is 0.128 e. The molecule has 0 spiro atoms. The summed E-state index contributed by atoms with van der Waals surface area (Å²) < 4.78 is 13.7. The van der Waals surface area contributed by atoms with Crippen molar-refractivity contribution in [1.82, 2.24) is 4.90 Å². The van der Waals surface area contributed by atoms with Gasteiger partial charge in [-0.2, -0.15) is 0 Å². The van der Waals surface area contributed by atoms with Crippen LogP contribution in [0.5, 0.6) is 0 Å². The molecule has 0 fully saturated rings. The first-order valence-electron chi connectivity index (χ1n) is 5.63. The number of rotatable bonds is 4. The number of likely N-dealkylation sites (N-methyl/N-ethyl adjacent to an activating group) is 1. The van der Waals surface area contributed by atoms with Crippen LogP contribution in [0.3, 0.4) is 0 Å². The molecule has 0 radical (unpaired) electrons. The largest absolute Gasteiger partial charge is 0.303 e. The number of fused-ring (bicyclic) bond motifs is 1. The van der Waals surface area contributed by atoms with E-state index in [0.717, 1.165) is 30.5 Å². The molecule has 2 N–H and O–H groups in total. The van der Waals surface area contributed by atoms with Gasteiger partial charge in [-0.1, -0.05) is 11.6 Å². The van der Waals surface area contributed by atoms with E-state index < -0.39 is 0 Å². The Morgan fingerprint density at radius 1 is 1.59 bits per heavy atom. The van der Waals surface area contributed by atoms with E-state index in [0.29, 0.717) is 11.6 Å². The van der Waals surface area contributed by atoms with Crippen molar-refractivity contribution in [3.63, 3.8) is 0 Å². The van der Waals surface area contributed by atoms with Crippen molar-refractivity contribution < 1.29 is 9.23 Å². The molecule has 0 amide bonds. The zero-order chi connectivity index (χ0) is 12.4. The van der Waals surface area contributed by atoms with E-state index in [9.17, 15) is 4.39 Å². The minimum Gasteiger partial charge on any atom is -0.303 e. The molecule has 1 aromatic carbocycles. The fourth-order valence-corrected chi connectivity index (χ4v) is 2.64. The van der Waals surface area contributed by atoms with Crippen LogP contribution in [0.25, 0.3) is 0 Å². The van der Waals surface area contributed by atoms with Gasteiger partial charge in [0.05, 0.1) is 6.61 Å². The van der Waals surface area contributed by atoms with Gasteiger partial charge in [-0.25, -0.2) is 10.3 Å². The average Bonchev–Trinajstić information content (AvgIpc) is 2.69. The van der Waals surface area contributed by atoms with Gasteiger partial charge in [0, 0.05) is 17.6 Å². The van der Waals surface area contributed by atoms with Crippen molar-refractivity contribution in [2.24, 2.45) is 5.90 Å². The minimum absolute atomic E-state index is 0.196. The molecule has 17 heavy (non-hydrogen) atoms. The Morgan fingerprint density at radius 2 is 2.35 bits per heavy atom. The third-order valence-corrected chi connectivity index (χ3v) is 3.53. The van der Waals surface area contributed by atoms with E-state index in [1.807, 2.05) is 13.1 Å². The molecule has 0 aliphatic heterocycles. The summed E-state index contributed by atoms with van der Waals surface area (Å²) in [6, 6.07) is 3.44. The second kappa shape index (κ2) is 5.31. The molecule has 0 saturated carbocycles. The average molecular weight is 259 g/mol. The number of halogens is 2. The Balaban J connectivity index is 2.21. The third kappa shape index (κ3) is 2.60. The Hall–Kier alpha value is -0.680. The van der Waals surface area contributed by atoms with Crippen LogP contribution < -0.4 is 5.90 Å². The molecule has 0 bridgehead atoms. The van der Waals surface area contributed by atoms with Crippen LogP contribution in [0.1, 0.15) is 23.6 Å². The molecule has 1 atom stereocenters. The Bertz CT molecular complexity index is 414. The summed E-state index contributed by atoms with van der Waals surface area (Å²) in [7, 11) is 1.98. The number of nitrogens with two attached hydrogens (primary N) is 1. The SMILES string of the molecule is CN(CCON)C1CCc2c(F)cc(Cl)cc21. The zero-order valence-corrected chi connectivity index (χ0v) is 10.5. The molecular weight excluding hydrogens is 243 g/mol. The van der Waals surface area contributed by atoms with Crippen molar-refractivity contribution in [2.75, 3.05) is 20.2 Å². The highest BCUT2D eigenvalue weighted by Gasteiger charge is 2.28. The highest BCUT2D eigenvalue weighted by atomic mass is 35.5. The molecular formula is C12H16ClFN2O. The maximum Gasteiger partial charge on any atom is 0.128 e. The Kier molecular flexibility index (Phi) is 3.99. The summed E-state index contributed by atoms with van der Waals surface area (Å²) in [6.07, 6.45) is 1.67. The van der Waals surface area contributed by atoms with Gasteiger partial charge in [0.2, 0.25) is 0 Å². The van der Waals surface area contributed by atoms with Crippen LogP contribution in [0, 0.1) is 5.82 Å². The van der Waals surface area contributed by atoms with E-state index in [1.165, 1.54) is 6.07 Å². The lowest BCUT2D eigenvalue weighted by atomic mass is 10.1. The van der Waals surface area contributed by atoms with Crippen LogP contribution in [0.2, 0.25) is 5.02 Å². The quantitative estimate of drug-likeness (QED) is 0.843. The van der Waals surface area contributed by atoms with Gasteiger partial charge in [0.1, 0.15) is 5.82 Å². The van der Waals surface area contributed by atoms with Gasteiger partial charge in [0.25, 0.3) is 0 Å². The molecule has 2 rings (SSSR count). The monoisotopic (exact) mass is 258 g/mol. The van der Waals surface area contributed by atoms with Crippen LogP contribution in [0.15, 0.2) is 12.1 Å². The Morgan fingerprint density at radius 3 is 3.06 bits per heavy atom. The van der Waals surface area contributed by atoms with E-state index in [4.69, 9.17) is 17.5 Å². The number of nitrogens with zero attached hydrogens (tertiary/aromatic N) is 1. The molecule has 0 aromatic heterocycles. The molecule has 0 saturated heterocycles. The van der Waals surface area contributed by atoms with Crippen LogP contribution >= 0.6 is 11.6 Å². The van der Waals surface area contributed by atoms with Crippen molar-refractivity contribution in [3.8, 4) is 0 Å². The standard InChI is InChI=1S/C12H16ClFN2O/c1-16(4-5-17-15)12-3-2-9-10(12)6-8(13)7-11(9)14/h6-7,12H,2-5,15H2,1H3. The van der Waals surface area contributed by atoms with Gasteiger partial charge in [-0.05, 0) is 43.1 Å². The highest BCUT2D eigenvalue weighted by Crippen LogP contribution is 2.37. The van der Waals surface area contributed by atoms with Crippen LogP contribution in [-0.4, -0.2) is 25.1 Å². The molecule has 1 aliphatic rings. The van der Waals surface area contributed by atoms with Gasteiger partial charge in [0.15, 0.2) is 0 Å². The Labute approximate surface area is 105 Å². The lowest BCUT2D eigenvalue weighted by molar-refractivity contribution is 0.0997. The zero-order valence-electron chi connectivity index (χ0n) is 9.75. The molecule has 1 aliphatic carbocycles. The summed E-state index contributed by atoms with van der Waals surface area (Å²) in [5.74, 6) is 4.81. The molecule has 5 heteroatoms. The third-order valence-electron chi connectivity index (χ3n) is 3.32. The first-order valence-corrected chi connectivity index (χ1v) is 6.01. The summed E-state index contributed by atoms with van der Waals surface area (Å²) in [4.78, 5) is 6.69. The fraction of sp³-hybridized carbons (Fsp3) is 0.500. The lowest BCUT2D eigenvalue weighted by Crippen LogP contribution is -2.27. The molecule has 0 heterocycles. The van der Waals surface area contributed by atoms with Gasteiger partial charge in [-0.3, -0.25) is 4.90 Å². The van der Waals surface area contributed by atoms with Crippen LogP contribution in [0.4, 0.5) is 4.39 Å². The van der Waals surface area contributed by atoms with Crippen LogP contribution in [-0.2, 0) is 11.3 Å². The van der Waals surface area contributed by atoms with Crippen molar-refractivity contribution in [2.45, 2.75) is 18.9 Å². The maximum atomic E-state index is 13.7. The van der Waals surface area contributed by atoms with E-state index in [1.54, 1.807) is 0 Å². The van der Waals surface area contributed by atoms with E-state index >= 15 is 0 Å². The summed E-state index contributed by atoms with van der Waals surface area (Å²) >= 11 is 5.90. The minimum atomic E-state index is -0.196. The second-order valence-corrected chi connectivity index (χ2v) is 4.80. The second-order valence-electron chi connectivity index (χ2n) is 4.36. The highest BCUT2D eigenvalue weighted by molar-refractivity contribution is 6.30. The van der Waals surface area contributed by atoms with Crippen molar-refractivity contribution in [3.05, 3.63) is 34.1 Å². The van der Waals surface area contributed by atoms with Gasteiger partial charge in [-0.15, -0.1) is 0 Å². The summed E-state index contributed by atoms with van der Waals surface area (Å²) in [5, 5.41) is 0.455. The molecule has 1 unspecified atom stereocenters. The maximum absolute atomic E-state index is 13.7. The van der Waals surface area contributed by atoms with E-state index in [-0.39, 0.29) is 11.9 Å². The predicted molar refractivity (Wildman–Crippen MR) is 65.2 cm³/mol. The van der Waals surface area contributed by atoms with Crippen molar-refractivity contribution >= 4 is 11.6 Å². The van der Waals surface area contributed by atoms with E-state index in [2.05, 4.69) is 9.74 Å². The number of benzene rings is 1. The first kappa shape index (κ1) is 12.8. The summed E-state index contributed by atoms with van der Waals surface area (Å²) in [6.45, 7) is 1.18. The first-order chi connectivity index (χ1) is 8.13.